The van der Waals surface area contributed by atoms with Gasteiger partial charge in [-0.2, -0.15) is 0 Å². The number of nitrogens with one attached hydrogen (secondary N) is 1. The zero-order chi connectivity index (χ0) is 14.0. The smallest absolute Gasteiger partial charge is 0.330 e. The van der Waals surface area contributed by atoms with E-state index in [2.05, 4.69) is 5.32 Å². The lowest BCUT2D eigenvalue weighted by Crippen LogP contribution is -2.47. The minimum atomic E-state index is -2.80. The van der Waals surface area contributed by atoms with E-state index in [0.29, 0.717) is 5.56 Å². The minimum Gasteiger partial charge on any atom is -0.479 e. The highest BCUT2D eigenvalue weighted by Gasteiger charge is 2.49. The number of hydrogen-bond donors (Lipinski definition) is 2. The van der Waals surface area contributed by atoms with Crippen LogP contribution in [0.3, 0.4) is 0 Å². The minimum absolute atomic E-state index is 0.412. The van der Waals surface area contributed by atoms with Crippen LogP contribution < -0.4 is 5.32 Å². The van der Waals surface area contributed by atoms with Gasteiger partial charge in [-0.05, 0) is 5.56 Å². The van der Waals surface area contributed by atoms with Gasteiger partial charge in [-0.25, -0.2) is 13.6 Å². The van der Waals surface area contributed by atoms with Crippen LogP contribution in [0.4, 0.5) is 8.78 Å². The Bertz CT molecular complexity index is 482. The van der Waals surface area contributed by atoms with Crippen molar-refractivity contribution in [2.45, 2.75) is 24.8 Å². The van der Waals surface area contributed by atoms with Crippen LogP contribution >= 0.6 is 0 Å². The third kappa shape index (κ3) is 3.07. The van der Waals surface area contributed by atoms with Gasteiger partial charge in [0.15, 0.2) is 6.04 Å². The van der Waals surface area contributed by atoms with Crippen LogP contribution in [0, 0.1) is 5.92 Å². The first kappa shape index (κ1) is 13.5. The van der Waals surface area contributed by atoms with E-state index < -0.39 is 42.6 Å². The second kappa shape index (κ2) is 4.95. The zero-order valence-electron chi connectivity index (χ0n) is 9.98. The molecular formula is C13H13F2NO3. The Morgan fingerprint density at radius 1 is 1.26 bits per heavy atom. The van der Waals surface area contributed by atoms with E-state index in [1.807, 2.05) is 0 Å². The number of benzene rings is 1. The van der Waals surface area contributed by atoms with E-state index in [1.54, 1.807) is 30.3 Å². The van der Waals surface area contributed by atoms with E-state index in [1.165, 1.54) is 0 Å². The molecule has 1 unspecified atom stereocenters. The molecule has 0 spiro atoms. The van der Waals surface area contributed by atoms with E-state index in [-0.39, 0.29) is 0 Å². The molecule has 0 saturated heterocycles. The molecule has 19 heavy (non-hydrogen) atoms. The number of carbonyl (C=O) groups is 2. The molecule has 1 aliphatic rings. The lowest BCUT2D eigenvalue weighted by molar-refractivity contribution is -0.153. The molecule has 0 aromatic heterocycles. The van der Waals surface area contributed by atoms with Crippen molar-refractivity contribution in [2.75, 3.05) is 0 Å². The molecule has 6 heteroatoms. The summed E-state index contributed by atoms with van der Waals surface area (Å²) in [4.78, 5) is 22.8. The zero-order valence-corrected chi connectivity index (χ0v) is 9.98. The fraction of sp³-hybridized carbons (Fsp3) is 0.385. The number of halogens is 2. The predicted octanol–water partition coefficient (Wildman–Crippen LogP) is 1.97. The van der Waals surface area contributed by atoms with Crippen molar-refractivity contribution in [3.8, 4) is 0 Å². The van der Waals surface area contributed by atoms with Crippen molar-refractivity contribution in [3.05, 3.63) is 35.9 Å². The Morgan fingerprint density at radius 3 is 2.32 bits per heavy atom. The summed E-state index contributed by atoms with van der Waals surface area (Å²) in [6.07, 6.45) is -1.03. The van der Waals surface area contributed by atoms with Gasteiger partial charge in [0, 0.05) is 18.8 Å². The van der Waals surface area contributed by atoms with Crippen molar-refractivity contribution < 1.29 is 23.5 Å². The molecule has 1 amide bonds. The Balaban J connectivity index is 2.03. The summed E-state index contributed by atoms with van der Waals surface area (Å²) in [5.41, 5.74) is 0.412. The molecule has 0 aliphatic heterocycles. The fourth-order valence-electron chi connectivity index (χ4n) is 2.04. The average Bonchev–Trinajstić information content (AvgIpc) is 2.33. The standard InChI is InChI=1S/C13H13F2NO3/c14-13(15)6-9(7-13)11(17)16-10(12(18)19)8-4-2-1-3-5-8/h1-5,9-10H,6-7H2,(H,16,17)(H,18,19). The first-order valence-electron chi connectivity index (χ1n) is 5.85. The SMILES string of the molecule is O=C(NC(C(=O)O)c1ccccc1)C1CC(F)(F)C1. The van der Waals surface area contributed by atoms with Gasteiger partial charge in [-0.15, -0.1) is 0 Å². The summed E-state index contributed by atoms with van der Waals surface area (Å²) in [6.45, 7) is 0. The summed E-state index contributed by atoms with van der Waals surface area (Å²) in [6, 6.07) is 6.94. The van der Waals surface area contributed by atoms with Crippen molar-refractivity contribution >= 4 is 11.9 Å². The van der Waals surface area contributed by atoms with Crippen molar-refractivity contribution in [2.24, 2.45) is 5.92 Å². The second-order valence-corrected chi connectivity index (χ2v) is 4.65. The van der Waals surface area contributed by atoms with Crippen molar-refractivity contribution in [1.29, 1.82) is 0 Å². The molecule has 2 N–H and O–H groups in total. The third-order valence-electron chi connectivity index (χ3n) is 3.13. The van der Waals surface area contributed by atoms with E-state index in [4.69, 9.17) is 5.11 Å². The highest BCUT2D eigenvalue weighted by Crippen LogP contribution is 2.42. The number of aliphatic carboxylic acids is 1. The molecule has 1 saturated carbocycles. The number of carbonyl (C=O) groups excluding carboxylic acids is 1. The maximum Gasteiger partial charge on any atom is 0.330 e. The Hall–Kier alpha value is -1.98. The highest BCUT2D eigenvalue weighted by molar-refractivity contribution is 5.86. The molecule has 0 heterocycles. The summed E-state index contributed by atoms with van der Waals surface area (Å²) in [5, 5.41) is 11.4. The average molecular weight is 269 g/mol. The summed E-state index contributed by atoms with van der Waals surface area (Å²) >= 11 is 0. The molecular weight excluding hydrogens is 256 g/mol. The normalized spacial score (nSPS) is 19.3. The van der Waals surface area contributed by atoms with Crippen LogP contribution in [0.2, 0.25) is 0 Å². The maximum absolute atomic E-state index is 12.7. The third-order valence-corrected chi connectivity index (χ3v) is 3.13. The Kier molecular flexibility index (Phi) is 3.50. The number of rotatable bonds is 4. The number of hydrogen-bond acceptors (Lipinski definition) is 2. The van der Waals surface area contributed by atoms with Crippen LogP contribution in [0.5, 0.6) is 0 Å². The second-order valence-electron chi connectivity index (χ2n) is 4.65. The highest BCUT2D eigenvalue weighted by atomic mass is 19.3. The van der Waals surface area contributed by atoms with Crippen LogP contribution in [-0.4, -0.2) is 22.9 Å². The molecule has 1 aliphatic carbocycles. The van der Waals surface area contributed by atoms with Gasteiger partial charge in [0.1, 0.15) is 0 Å². The monoisotopic (exact) mass is 269 g/mol. The van der Waals surface area contributed by atoms with Crippen LogP contribution in [0.15, 0.2) is 30.3 Å². The van der Waals surface area contributed by atoms with Crippen LogP contribution in [0.25, 0.3) is 0 Å². The molecule has 1 atom stereocenters. The van der Waals surface area contributed by atoms with Crippen LogP contribution in [-0.2, 0) is 9.59 Å². The fourth-order valence-corrected chi connectivity index (χ4v) is 2.04. The molecule has 0 bridgehead atoms. The van der Waals surface area contributed by atoms with E-state index in [0.717, 1.165) is 0 Å². The number of carboxylic acid groups (broad SMARTS) is 1. The summed E-state index contributed by atoms with van der Waals surface area (Å²) in [7, 11) is 0. The molecule has 102 valence electrons. The number of alkyl halides is 2. The van der Waals surface area contributed by atoms with Gasteiger partial charge < -0.3 is 10.4 Å². The topological polar surface area (TPSA) is 66.4 Å². The van der Waals surface area contributed by atoms with Gasteiger partial charge >= 0.3 is 5.97 Å². The quantitative estimate of drug-likeness (QED) is 0.878. The van der Waals surface area contributed by atoms with E-state index in [9.17, 15) is 18.4 Å². The van der Waals surface area contributed by atoms with Gasteiger partial charge in [0.05, 0.1) is 0 Å². The lowest BCUT2D eigenvalue weighted by Gasteiger charge is -2.34. The van der Waals surface area contributed by atoms with Gasteiger partial charge in [-0.3, -0.25) is 4.79 Å². The molecule has 1 aromatic carbocycles. The predicted molar refractivity (Wildman–Crippen MR) is 62.6 cm³/mol. The summed E-state index contributed by atoms with van der Waals surface area (Å²) < 4.78 is 25.3. The number of amides is 1. The van der Waals surface area contributed by atoms with Gasteiger partial charge in [0.25, 0.3) is 0 Å². The molecule has 0 radical (unpaired) electrons. The molecule has 2 rings (SSSR count). The molecule has 1 aromatic rings. The molecule has 4 nitrogen and oxygen atoms in total. The van der Waals surface area contributed by atoms with Crippen LogP contribution in [0.1, 0.15) is 24.4 Å². The van der Waals surface area contributed by atoms with Gasteiger partial charge in [0.2, 0.25) is 11.8 Å². The van der Waals surface area contributed by atoms with E-state index >= 15 is 0 Å². The first-order valence-corrected chi connectivity index (χ1v) is 5.85. The maximum atomic E-state index is 12.7. The summed E-state index contributed by atoms with van der Waals surface area (Å²) in [5.74, 6) is -5.46. The van der Waals surface area contributed by atoms with Gasteiger partial charge in [-0.1, -0.05) is 30.3 Å². The number of carboxylic acids is 1. The lowest BCUT2D eigenvalue weighted by atomic mass is 9.80. The molecule has 1 fully saturated rings. The Labute approximate surface area is 108 Å². The first-order chi connectivity index (χ1) is 8.89. The van der Waals surface area contributed by atoms with Crippen molar-refractivity contribution in [1.82, 2.24) is 5.32 Å². The Morgan fingerprint density at radius 2 is 1.84 bits per heavy atom. The van der Waals surface area contributed by atoms with Crippen molar-refractivity contribution in [3.63, 3.8) is 0 Å². The largest absolute Gasteiger partial charge is 0.479 e.